The summed E-state index contributed by atoms with van der Waals surface area (Å²) in [5.41, 5.74) is -0.573. The molecule has 3 aromatic rings. The zero-order chi connectivity index (χ0) is 24.6. The van der Waals surface area contributed by atoms with Gasteiger partial charge in [0.1, 0.15) is 18.1 Å². The molecule has 0 unspecified atom stereocenters. The minimum absolute atomic E-state index is 0.00346. The number of hydrogen-bond acceptors (Lipinski definition) is 6. The molecule has 1 aromatic heterocycles. The van der Waals surface area contributed by atoms with Crippen molar-refractivity contribution >= 4 is 11.0 Å². The predicted octanol–water partition coefficient (Wildman–Crippen LogP) is 6.49. The third-order valence-corrected chi connectivity index (χ3v) is 6.54. The second-order valence-electron chi connectivity index (χ2n) is 8.80. The molecule has 2 aromatic carbocycles. The summed E-state index contributed by atoms with van der Waals surface area (Å²) in [4.78, 5) is 15.5. The molecule has 0 radical (unpaired) electrons. The molecule has 0 atom stereocenters. The lowest BCUT2D eigenvalue weighted by Crippen LogP contribution is -2.41. The second-order valence-corrected chi connectivity index (χ2v) is 8.80. The topological polar surface area (TPSA) is 61.1 Å². The molecule has 5 rings (SSSR count). The van der Waals surface area contributed by atoms with E-state index < -0.39 is 23.1 Å². The SMILES string of the molecule is CCOc1ccccc1Oc1c(C(F)(F)F)oc2c3c(ccc2c1=O)OCN(C1CCCCC1)C3. The number of hydrogen-bond donors (Lipinski definition) is 0. The van der Waals surface area contributed by atoms with Crippen molar-refractivity contribution in [3.05, 3.63) is 57.9 Å². The molecular weight excluding hydrogens is 463 g/mol. The van der Waals surface area contributed by atoms with Crippen LogP contribution in [0.15, 0.2) is 45.6 Å². The highest BCUT2D eigenvalue weighted by molar-refractivity contribution is 5.84. The average molecular weight is 489 g/mol. The second kappa shape index (κ2) is 9.45. The van der Waals surface area contributed by atoms with Gasteiger partial charge in [0.05, 0.1) is 17.6 Å². The molecule has 1 saturated carbocycles. The van der Waals surface area contributed by atoms with Crippen molar-refractivity contribution in [1.82, 2.24) is 4.90 Å². The fourth-order valence-electron chi connectivity index (χ4n) is 4.84. The molecule has 0 amide bonds. The molecule has 9 heteroatoms. The van der Waals surface area contributed by atoms with Crippen LogP contribution < -0.4 is 19.6 Å². The van der Waals surface area contributed by atoms with E-state index in [4.69, 9.17) is 18.6 Å². The fraction of sp³-hybridized carbons (Fsp3) is 0.423. The van der Waals surface area contributed by atoms with E-state index in [1.165, 1.54) is 18.6 Å². The fourth-order valence-corrected chi connectivity index (χ4v) is 4.84. The van der Waals surface area contributed by atoms with Gasteiger partial charge in [-0.25, -0.2) is 0 Å². The number of para-hydroxylation sites is 2. The lowest BCUT2D eigenvalue weighted by atomic mass is 9.93. The van der Waals surface area contributed by atoms with Gasteiger partial charge in [0.15, 0.2) is 11.5 Å². The first kappa shape index (κ1) is 23.5. The van der Waals surface area contributed by atoms with Crippen molar-refractivity contribution < 1.29 is 31.8 Å². The van der Waals surface area contributed by atoms with Crippen molar-refractivity contribution in [3.63, 3.8) is 0 Å². The Balaban J connectivity index is 1.62. The maximum Gasteiger partial charge on any atom is 0.453 e. The molecule has 2 aliphatic rings. The molecule has 0 saturated heterocycles. The van der Waals surface area contributed by atoms with Gasteiger partial charge in [0, 0.05) is 12.6 Å². The monoisotopic (exact) mass is 489 g/mol. The van der Waals surface area contributed by atoms with Crippen molar-refractivity contribution in [1.29, 1.82) is 0 Å². The van der Waals surface area contributed by atoms with Crippen LogP contribution in [0.25, 0.3) is 11.0 Å². The number of benzene rings is 2. The minimum atomic E-state index is -4.95. The molecule has 6 nitrogen and oxygen atoms in total. The van der Waals surface area contributed by atoms with E-state index in [-0.39, 0.29) is 29.1 Å². The van der Waals surface area contributed by atoms with Gasteiger partial charge in [-0.3, -0.25) is 9.69 Å². The molecule has 186 valence electrons. The summed E-state index contributed by atoms with van der Waals surface area (Å²) in [7, 11) is 0. The first-order valence-electron chi connectivity index (χ1n) is 11.8. The summed E-state index contributed by atoms with van der Waals surface area (Å²) >= 11 is 0. The Kier molecular flexibility index (Phi) is 6.35. The first-order valence-corrected chi connectivity index (χ1v) is 11.8. The zero-order valence-electron chi connectivity index (χ0n) is 19.3. The highest BCUT2D eigenvalue weighted by Crippen LogP contribution is 2.42. The van der Waals surface area contributed by atoms with Crippen molar-refractivity contribution in [2.75, 3.05) is 13.3 Å². The zero-order valence-corrected chi connectivity index (χ0v) is 19.3. The lowest BCUT2D eigenvalue weighted by Gasteiger charge is -2.37. The Hall–Kier alpha value is -3.20. The Morgan fingerprint density at radius 2 is 1.80 bits per heavy atom. The van der Waals surface area contributed by atoms with Crippen LogP contribution in [-0.4, -0.2) is 24.3 Å². The van der Waals surface area contributed by atoms with Gasteiger partial charge < -0.3 is 18.6 Å². The van der Waals surface area contributed by atoms with E-state index >= 15 is 0 Å². The largest absolute Gasteiger partial charge is 0.490 e. The summed E-state index contributed by atoms with van der Waals surface area (Å²) in [5.74, 6) is -1.75. The van der Waals surface area contributed by atoms with Gasteiger partial charge in [-0.1, -0.05) is 31.4 Å². The number of rotatable bonds is 5. The van der Waals surface area contributed by atoms with Gasteiger partial charge in [0.2, 0.25) is 11.2 Å². The summed E-state index contributed by atoms with van der Waals surface area (Å²) in [6, 6.07) is 9.57. The van der Waals surface area contributed by atoms with Crippen molar-refractivity contribution in [2.24, 2.45) is 0 Å². The number of fused-ring (bicyclic) bond motifs is 3. The van der Waals surface area contributed by atoms with E-state index in [0.29, 0.717) is 30.6 Å². The molecule has 1 fully saturated rings. The van der Waals surface area contributed by atoms with Gasteiger partial charge in [0.25, 0.3) is 5.76 Å². The predicted molar refractivity (Wildman–Crippen MR) is 123 cm³/mol. The Morgan fingerprint density at radius 1 is 1.06 bits per heavy atom. The minimum Gasteiger partial charge on any atom is -0.490 e. The highest BCUT2D eigenvalue weighted by Gasteiger charge is 2.41. The Bertz CT molecular complexity index is 1280. The maximum atomic E-state index is 14.1. The number of nitrogens with zero attached hydrogens (tertiary/aromatic N) is 1. The quantitative estimate of drug-likeness (QED) is 0.408. The number of alkyl halides is 3. The van der Waals surface area contributed by atoms with E-state index in [1.807, 2.05) is 0 Å². The summed E-state index contributed by atoms with van der Waals surface area (Å²) in [6.07, 6.45) is 0.479. The van der Waals surface area contributed by atoms with Gasteiger partial charge >= 0.3 is 6.18 Å². The van der Waals surface area contributed by atoms with Crippen LogP contribution >= 0.6 is 0 Å². The normalized spacial score (nSPS) is 17.1. The van der Waals surface area contributed by atoms with E-state index in [9.17, 15) is 18.0 Å². The highest BCUT2D eigenvalue weighted by atomic mass is 19.4. The number of halogens is 3. The summed E-state index contributed by atoms with van der Waals surface area (Å²) in [5, 5.41) is 0.00901. The maximum absolute atomic E-state index is 14.1. The molecule has 0 N–H and O–H groups in total. The molecule has 0 bridgehead atoms. The van der Waals surface area contributed by atoms with Gasteiger partial charge in [-0.05, 0) is 44.0 Å². The van der Waals surface area contributed by atoms with E-state index in [0.717, 1.165) is 25.7 Å². The summed E-state index contributed by atoms with van der Waals surface area (Å²) < 4.78 is 64.6. The molecule has 1 aliphatic carbocycles. The van der Waals surface area contributed by atoms with E-state index in [1.54, 1.807) is 31.2 Å². The van der Waals surface area contributed by atoms with Crippen LogP contribution in [0.5, 0.6) is 23.0 Å². The third kappa shape index (κ3) is 4.57. The van der Waals surface area contributed by atoms with Crippen LogP contribution in [0.2, 0.25) is 0 Å². The first-order chi connectivity index (χ1) is 16.9. The molecular formula is C26H26F3NO5. The van der Waals surface area contributed by atoms with Crippen LogP contribution in [0.3, 0.4) is 0 Å². The van der Waals surface area contributed by atoms with Crippen LogP contribution in [0.1, 0.15) is 50.4 Å². The Labute approximate surface area is 200 Å². The molecule has 2 heterocycles. The molecule has 35 heavy (non-hydrogen) atoms. The van der Waals surface area contributed by atoms with Gasteiger partial charge in [-0.2, -0.15) is 13.2 Å². The number of ether oxygens (including phenoxy) is 3. The van der Waals surface area contributed by atoms with Crippen LogP contribution in [-0.2, 0) is 12.7 Å². The van der Waals surface area contributed by atoms with Crippen LogP contribution in [0, 0.1) is 0 Å². The lowest BCUT2D eigenvalue weighted by molar-refractivity contribution is -0.154. The molecule has 1 aliphatic heterocycles. The standard InChI is InChI=1S/C26H26F3NO5/c1-2-32-20-10-6-7-11-21(20)34-24-22(31)17-12-13-19-18(23(17)35-25(24)26(27,28)29)14-30(15-33-19)16-8-4-3-5-9-16/h6-7,10-13,16H,2-5,8-9,14-15H2,1H3. The van der Waals surface area contributed by atoms with Crippen molar-refractivity contribution in [2.45, 2.75) is 57.8 Å². The van der Waals surface area contributed by atoms with Gasteiger partial charge in [-0.15, -0.1) is 0 Å². The van der Waals surface area contributed by atoms with E-state index in [2.05, 4.69) is 4.90 Å². The van der Waals surface area contributed by atoms with Crippen LogP contribution in [0.4, 0.5) is 13.2 Å². The Morgan fingerprint density at radius 3 is 2.51 bits per heavy atom. The summed E-state index contributed by atoms with van der Waals surface area (Å²) in [6.45, 7) is 2.73. The average Bonchev–Trinajstić information content (AvgIpc) is 2.86. The van der Waals surface area contributed by atoms with Crippen molar-refractivity contribution in [3.8, 4) is 23.0 Å². The third-order valence-electron chi connectivity index (χ3n) is 6.54. The molecule has 0 spiro atoms. The smallest absolute Gasteiger partial charge is 0.453 e.